The van der Waals surface area contributed by atoms with Crippen LogP contribution < -0.4 is 5.32 Å². The maximum atomic E-state index is 12.3. The molecule has 0 aliphatic rings. The first-order valence-corrected chi connectivity index (χ1v) is 5.48. The average molecular weight is 247 g/mol. The minimum Gasteiger partial charge on any atom is -0.391 e. The van der Waals surface area contributed by atoms with Crippen LogP contribution in [-0.4, -0.2) is 24.3 Å². The van der Waals surface area contributed by atoms with E-state index in [2.05, 4.69) is 5.32 Å². The second kappa shape index (κ2) is 6.02. The molecule has 0 spiro atoms. The van der Waals surface area contributed by atoms with E-state index in [0.717, 1.165) is 18.7 Å². The Bertz CT molecular complexity index is 335. The first kappa shape index (κ1) is 14.0. The van der Waals surface area contributed by atoms with Crippen molar-refractivity contribution in [1.29, 1.82) is 0 Å². The summed E-state index contributed by atoms with van der Waals surface area (Å²) in [6.07, 6.45) is -4.53. The lowest BCUT2D eigenvalue weighted by Gasteiger charge is -2.12. The molecule has 2 N–H and O–H groups in total. The van der Waals surface area contributed by atoms with Gasteiger partial charge in [-0.15, -0.1) is 0 Å². The Hall–Kier alpha value is -1.07. The molecule has 5 heteroatoms. The molecule has 0 saturated heterocycles. The lowest BCUT2D eigenvalue weighted by atomic mass is 10.1. The number of nitrogens with one attached hydrogen (secondary N) is 1. The molecule has 0 radical (unpaired) electrons. The number of aliphatic hydroxyl groups is 1. The summed E-state index contributed by atoms with van der Waals surface area (Å²) in [6.45, 7) is 3.12. The number of hydrogen-bond donors (Lipinski definition) is 2. The standard InChI is InChI=1S/C12H16F3NO/c1-2-16-8-11(17)7-9-3-5-10(6-4-9)12(13,14)15/h3-6,11,16-17H,2,7-8H2,1H3. The summed E-state index contributed by atoms with van der Waals surface area (Å²) in [4.78, 5) is 0. The Morgan fingerprint density at radius 1 is 1.24 bits per heavy atom. The quantitative estimate of drug-likeness (QED) is 0.836. The van der Waals surface area contributed by atoms with Gasteiger partial charge in [0.25, 0.3) is 0 Å². The van der Waals surface area contributed by atoms with Gasteiger partial charge in [0.05, 0.1) is 11.7 Å². The third kappa shape index (κ3) is 4.75. The van der Waals surface area contributed by atoms with E-state index in [-0.39, 0.29) is 0 Å². The van der Waals surface area contributed by atoms with E-state index in [9.17, 15) is 18.3 Å². The van der Waals surface area contributed by atoms with Crippen molar-refractivity contribution >= 4 is 0 Å². The predicted octanol–water partition coefficient (Wildman–Crippen LogP) is 2.22. The summed E-state index contributed by atoms with van der Waals surface area (Å²) in [5.74, 6) is 0. The second-order valence-electron chi connectivity index (χ2n) is 3.86. The van der Waals surface area contributed by atoms with E-state index < -0.39 is 17.8 Å². The average Bonchev–Trinajstić information content (AvgIpc) is 2.26. The van der Waals surface area contributed by atoms with Crippen LogP contribution in [0.1, 0.15) is 18.1 Å². The molecule has 1 aromatic rings. The van der Waals surface area contributed by atoms with Crippen molar-refractivity contribution < 1.29 is 18.3 Å². The summed E-state index contributed by atoms with van der Waals surface area (Å²) in [7, 11) is 0. The van der Waals surface area contributed by atoms with Gasteiger partial charge in [-0.3, -0.25) is 0 Å². The molecule has 2 nitrogen and oxygen atoms in total. The Balaban J connectivity index is 2.56. The van der Waals surface area contributed by atoms with Gasteiger partial charge >= 0.3 is 6.18 Å². The summed E-state index contributed by atoms with van der Waals surface area (Å²) in [5, 5.41) is 12.6. The number of alkyl halides is 3. The number of likely N-dealkylation sites (N-methyl/N-ethyl adjacent to an activating group) is 1. The van der Waals surface area contributed by atoms with Gasteiger partial charge < -0.3 is 10.4 Å². The third-order valence-electron chi connectivity index (χ3n) is 2.38. The Kier molecular flexibility index (Phi) is 4.96. The van der Waals surface area contributed by atoms with Gasteiger partial charge in [-0.05, 0) is 30.7 Å². The zero-order chi connectivity index (χ0) is 12.9. The molecule has 0 bridgehead atoms. The molecule has 0 aliphatic heterocycles. The van der Waals surface area contributed by atoms with Crippen molar-refractivity contribution in [2.45, 2.75) is 25.6 Å². The number of aliphatic hydroxyl groups excluding tert-OH is 1. The molecular formula is C12H16F3NO. The monoisotopic (exact) mass is 247 g/mol. The fourth-order valence-corrected chi connectivity index (χ4v) is 1.49. The van der Waals surface area contributed by atoms with E-state index in [1.807, 2.05) is 6.92 Å². The van der Waals surface area contributed by atoms with Crippen molar-refractivity contribution in [3.63, 3.8) is 0 Å². The molecule has 96 valence electrons. The van der Waals surface area contributed by atoms with Crippen molar-refractivity contribution in [1.82, 2.24) is 5.32 Å². The van der Waals surface area contributed by atoms with Crippen LogP contribution in [0.4, 0.5) is 13.2 Å². The van der Waals surface area contributed by atoms with Crippen LogP contribution in [-0.2, 0) is 12.6 Å². The van der Waals surface area contributed by atoms with E-state index in [4.69, 9.17) is 0 Å². The first-order chi connectivity index (χ1) is 7.93. The van der Waals surface area contributed by atoms with Crippen LogP contribution in [0, 0.1) is 0 Å². The van der Waals surface area contributed by atoms with Gasteiger partial charge in [0.15, 0.2) is 0 Å². The van der Waals surface area contributed by atoms with E-state index in [0.29, 0.717) is 18.5 Å². The zero-order valence-electron chi connectivity index (χ0n) is 9.59. The molecule has 1 aromatic carbocycles. The molecule has 1 rings (SSSR count). The SMILES string of the molecule is CCNCC(O)Cc1ccc(C(F)(F)F)cc1. The van der Waals surface area contributed by atoms with Crippen molar-refractivity contribution in [3.8, 4) is 0 Å². The van der Waals surface area contributed by atoms with Crippen LogP contribution in [0.5, 0.6) is 0 Å². The second-order valence-corrected chi connectivity index (χ2v) is 3.86. The fourth-order valence-electron chi connectivity index (χ4n) is 1.49. The van der Waals surface area contributed by atoms with Crippen molar-refractivity contribution in [2.75, 3.05) is 13.1 Å². The van der Waals surface area contributed by atoms with Gasteiger partial charge in [0, 0.05) is 6.54 Å². The molecule has 1 unspecified atom stereocenters. The normalized spacial score (nSPS) is 13.7. The van der Waals surface area contributed by atoms with E-state index in [1.165, 1.54) is 12.1 Å². The molecule has 0 aliphatic carbocycles. The lowest BCUT2D eigenvalue weighted by molar-refractivity contribution is -0.137. The maximum Gasteiger partial charge on any atom is 0.416 e. The third-order valence-corrected chi connectivity index (χ3v) is 2.38. The number of rotatable bonds is 5. The van der Waals surface area contributed by atoms with Crippen molar-refractivity contribution in [2.24, 2.45) is 0 Å². The highest BCUT2D eigenvalue weighted by atomic mass is 19.4. The number of benzene rings is 1. The van der Waals surface area contributed by atoms with Gasteiger partial charge in [-0.25, -0.2) is 0 Å². The Labute approximate surface area is 98.5 Å². The molecule has 1 atom stereocenters. The largest absolute Gasteiger partial charge is 0.416 e. The minimum atomic E-state index is -4.30. The lowest BCUT2D eigenvalue weighted by Crippen LogP contribution is -2.28. The Morgan fingerprint density at radius 2 is 1.82 bits per heavy atom. The van der Waals surface area contributed by atoms with Crippen molar-refractivity contribution in [3.05, 3.63) is 35.4 Å². The molecule has 0 amide bonds. The molecule has 0 saturated carbocycles. The minimum absolute atomic E-state index is 0.352. The van der Waals surface area contributed by atoms with Gasteiger partial charge in [-0.1, -0.05) is 19.1 Å². The molecular weight excluding hydrogens is 231 g/mol. The topological polar surface area (TPSA) is 32.3 Å². The Morgan fingerprint density at radius 3 is 2.29 bits per heavy atom. The zero-order valence-corrected chi connectivity index (χ0v) is 9.59. The van der Waals surface area contributed by atoms with Gasteiger partial charge in [-0.2, -0.15) is 13.2 Å². The van der Waals surface area contributed by atoms with Gasteiger partial charge in [0.1, 0.15) is 0 Å². The first-order valence-electron chi connectivity index (χ1n) is 5.48. The summed E-state index contributed by atoms with van der Waals surface area (Å²) in [5.41, 5.74) is 0.0332. The summed E-state index contributed by atoms with van der Waals surface area (Å²) >= 11 is 0. The maximum absolute atomic E-state index is 12.3. The predicted molar refractivity (Wildman–Crippen MR) is 59.7 cm³/mol. The molecule has 17 heavy (non-hydrogen) atoms. The smallest absolute Gasteiger partial charge is 0.391 e. The highest BCUT2D eigenvalue weighted by Crippen LogP contribution is 2.29. The summed E-state index contributed by atoms with van der Waals surface area (Å²) < 4.78 is 36.9. The van der Waals surface area contributed by atoms with E-state index in [1.54, 1.807) is 0 Å². The number of hydrogen-bond acceptors (Lipinski definition) is 2. The van der Waals surface area contributed by atoms with Crippen LogP contribution in [0.2, 0.25) is 0 Å². The van der Waals surface area contributed by atoms with Crippen LogP contribution in [0.3, 0.4) is 0 Å². The highest BCUT2D eigenvalue weighted by Gasteiger charge is 2.29. The van der Waals surface area contributed by atoms with Crippen LogP contribution >= 0.6 is 0 Å². The molecule has 0 aromatic heterocycles. The van der Waals surface area contributed by atoms with Crippen LogP contribution in [0.25, 0.3) is 0 Å². The molecule has 0 heterocycles. The van der Waals surface area contributed by atoms with Crippen LogP contribution in [0.15, 0.2) is 24.3 Å². The van der Waals surface area contributed by atoms with Gasteiger partial charge in [0.2, 0.25) is 0 Å². The number of halogens is 3. The molecule has 0 fully saturated rings. The highest BCUT2D eigenvalue weighted by molar-refractivity contribution is 5.25. The summed E-state index contributed by atoms with van der Waals surface area (Å²) in [6, 6.07) is 4.88. The van der Waals surface area contributed by atoms with E-state index >= 15 is 0 Å². The fraction of sp³-hybridized carbons (Fsp3) is 0.500.